The molecule has 3 aromatic rings. The number of benzene rings is 2. The molecule has 4 rings (SSSR count). The van der Waals surface area contributed by atoms with Gasteiger partial charge in [-0.05, 0) is 29.8 Å². The quantitative estimate of drug-likeness (QED) is 0.564. The summed E-state index contributed by atoms with van der Waals surface area (Å²) in [5, 5.41) is 30.0. The minimum Gasteiger partial charge on any atom is -0.510 e. The highest BCUT2D eigenvalue weighted by molar-refractivity contribution is 7.11. The van der Waals surface area contributed by atoms with E-state index in [9.17, 15) is 18.3 Å². The molecule has 2 N–H and O–H groups in total. The number of amidine groups is 1. The van der Waals surface area contributed by atoms with E-state index in [1.54, 1.807) is 35.7 Å². The van der Waals surface area contributed by atoms with Crippen LogP contribution in [0.15, 0.2) is 59.7 Å². The predicted molar refractivity (Wildman–Crippen MR) is 111 cm³/mol. The lowest BCUT2D eigenvalue weighted by atomic mass is 10.1. The summed E-state index contributed by atoms with van der Waals surface area (Å²) >= 11 is 1.26. The molecular formula is C22H15F3N4OS. The number of aliphatic hydroxyl groups is 1. The summed E-state index contributed by atoms with van der Waals surface area (Å²) in [5.41, 5.74) is 1.89. The average molecular weight is 440 g/mol. The Bertz CT molecular complexity index is 1220. The van der Waals surface area contributed by atoms with E-state index in [2.05, 4.69) is 4.98 Å². The highest BCUT2D eigenvalue weighted by atomic mass is 32.1. The fourth-order valence-electron chi connectivity index (χ4n) is 3.30. The van der Waals surface area contributed by atoms with E-state index in [0.717, 1.165) is 17.7 Å². The van der Waals surface area contributed by atoms with E-state index in [0.29, 0.717) is 21.8 Å². The number of nitrogens with one attached hydrogen (secondary N) is 1. The smallest absolute Gasteiger partial charge is 0.416 e. The second kappa shape index (κ2) is 7.89. The van der Waals surface area contributed by atoms with Gasteiger partial charge >= 0.3 is 6.18 Å². The maximum Gasteiger partial charge on any atom is 0.416 e. The molecule has 0 bridgehead atoms. The number of aliphatic hydroxyl groups excluding tert-OH is 1. The molecule has 156 valence electrons. The molecule has 0 saturated carbocycles. The van der Waals surface area contributed by atoms with Gasteiger partial charge in [-0.25, -0.2) is 4.98 Å². The van der Waals surface area contributed by atoms with Gasteiger partial charge in [-0.3, -0.25) is 5.41 Å². The number of halogens is 3. The third kappa shape index (κ3) is 4.15. The summed E-state index contributed by atoms with van der Waals surface area (Å²) in [6.45, 7) is 0.0837. The van der Waals surface area contributed by atoms with Crippen LogP contribution < -0.4 is 0 Å². The lowest BCUT2D eigenvalue weighted by Gasteiger charge is -2.19. The number of aromatic nitrogens is 1. The van der Waals surface area contributed by atoms with Crippen LogP contribution >= 0.6 is 11.3 Å². The van der Waals surface area contributed by atoms with Crippen LogP contribution in [0, 0.1) is 16.7 Å². The van der Waals surface area contributed by atoms with Gasteiger partial charge in [-0.15, -0.1) is 11.3 Å². The first kappa shape index (κ1) is 20.6. The van der Waals surface area contributed by atoms with Crippen molar-refractivity contribution in [3.8, 4) is 17.3 Å². The first-order valence-electron chi connectivity index (χ1n) is 9.15. The zero-order chi connectivity index (χ0) is 22.2. The van der Waals surface area contributed by atoms with Crippen LogP contribution in [0.3, 0.4) is 0 Å². The Morgan fingerprint density at radius 3 is 2.61 bits per heavy atom. The lowest BCUT2D eigenvalue weighted by molar-refractivity contribution is -0.137. The maximum absolute atomic E-state index is 13.0. The lowest BCUT2D eigenvalue weighted by Crippen LogP contribution is -2.26. The van der Waals surface area contributed by atoms with Crippen molar-refractivity contribution in [2.24, 2.45) is 0 Å². The van der Waals surface area contributed by atoms with Crippen molar-refractivity contribution in [1.82, 2.24) is 9.88 Å². The first-order chi connectivity index (χ1) is 14.8. The Labute approximate surface area is 179 Å². The van der Waals surface area contributed by atoms with Crippen LogP contribution in [0.5, 0.6) is 0 Å². The van der Waals surface area contributed by atoms with Crippen LogP contribution in [0.4, 0.5) is 13.2 Å². The third-order valence-corrected chi connectivity index (χ3v) is 5.70. The Morgan fingerprint density at radius 1 is 1.19 bits per heavy atom. The van der Waals surface area contributed by atoms with Crippen molar-refractivity contribution < 1.29 is 18.3 Å². The Hall–Kier alpha value is -3.64. The molecule has 1 aromatic heterocycles. The SMILES string of the molecule is N#Cc1ccc(-c2csc(C3=C(O)CN(Cc4cccc(C(F)(F)F)c4)C3=N)n2)cc1. The molecule has 2 aromatic carbocycles. The molecular weight excluding hydrogens is 425 g/mol. The molecule has 9 heteroatoms. The monoisotopic (exact) mass is 440 g/mol. The third-order valence-electron chi connectivity index (χ3n) is 4.84. The summed E-state index contributed by atoms with van der Waals surface area (Å²) in [5.74, 6) is -0.0339. The molecule has 0 saturated heterocycles. The van der Waals surface area contributed by atoms with E-state index in [1.165, 1.54) is 22.3 Å². The minimum absolute atomic E-state index is 0.00985. The van der Waals surface area contributed by atoms with Gasteiger partial charge in [0, 0.05) is 17.5 Å². The van der Waals surface area contributed by atoms with E-state index < -0.39 is 11.7 Å². The average Bonchev–Trinajstić information content (AvgIpc) is 3.32. The normalized spacial score (nSPS) is 14.3. The minimum atomic E-state index is -4.44. The molecule has 2 heterocycles. The van der Waals surface area contributed by atoms with Gasteiger partial charge in [0.15, 0.2) is 0 Å². The fourth-order valence-corrected chi connectivity index (χ4v) is 4.19. The predicted octanol–water partition coefficient (Wildman–Crippen LogP) is 5.46. The number of hydrogen-bond acceptors (Lipinski definition) is 5. The zero-order valence-electron chi connectivity index (χ0n) is 15.9. The number of hydrogen-bond donors (Lipinski definition) is 2. The van der Waals surface area contributed by atoms with Crippen LogP contribution in [0.25, 0.3) is 16.8 Å². The van der Waals surface area contributed by atoms with Crippen molar-refractivity contribution >= 4 is 22.7 Å². The summed E-state index contributed by atoms with van der Waals surface area (Å²) in [6, 6.07) is 13.9. The van der Waals surface area contributed by atoms with Crippen molar-refractivity contribution in [2.45, 2.75) is 12.7 Å². The van der Waals surface area contributed by atoms with E-state index in [4.69, 9.17) is 10.7 Å². The van der Waals surface area contributed by atoms with Gasteiger partial charge < -0.3 is 10.0 Å². The van der Waals surface area contributed by atoms with Crippen molar-refractivity contribution in [3.05, 3.63) is 81.4 Å². The van der Waals surface area contributed by atoms with Gasteiger partial charge in [0.25, 0.3) is 0 Å². The first-order valence-corrected chi connectivity index (χ1v) is 10.0. The van der Waals surface area contributed by atoms with Crippen LogP contribution in [0.2, 0.25) is 0 Å². The molecule has 5 nitrogen and oxygen atoms in total. The number of rotatable bonds is 4. The Balaban J connectivity index is 1.54. The second-order valence-corrected chi connectivity index (χ2v) is 7.81. The van der Waals surface area contributed by atoms with Gasteiger partial charge in [0.2, 0.25) is 0 Å². The van der Waals surface area contributed by atoms with Gasteiger partial charge in [-0.2, -0.15) is 18.4 Å². The highest BCUT2D eigenvalue weighted by Gasteiger charge is 2.32. The molecule has 0 fully saturated rings. The number of alkyl halides is 3. The highest BCUT2D eigenvalue weighted by Crippen LogP contribution is 2.34. The standard InChI is InChI=1S/C22H15F3N4OS/c23-22(24,25)16-3-1-2-14(8-16)10-29-11-18(30)19(20(29)27)21-28-17(12-31-21)15-6-4-13(9-26)5-7-15/h1-8,12,27,30H,10-11H2. The topological polar surface area (TPSA) is 84.0 Å². The second-order valence-electron chi connectivity index (χ2n) is 6.95. The zero-order valence-corrected chi connectivity index (χ0v) is 16.8. The summed E-state index contributed by atoms with van der Waals surface area (Å²) in [4.78, 5) is 6.01. The van der Waals surface area contributed by atoms with Gasteiger partial charge in [0.1, 0.15) is 16.6 Å². The molecule has 0 aliphatic carbocycles. The molecule has 1 aliphatic heterocycles. The summed E-state index contributed by atoms with van der Waals surface area (Å²) < 4.78 is 38.9. The number of thiazole rings is 1. The molecule has 0 unspecified atom stereocenters. The maximum atomic E-state index is 13.0. The molecule has 0 atom stereocenters. The molecule has 0 spiro atoms. The van der Waals surface area contributed by atoms with Crippen molar-refractivity contribution in [1.29, 1.82) is 10.7 Å². The van der Waals surface area contributed by atoms with E-state index in [-0.39, 0.29) is 30.3 Å². The number of nitriles is 1. The Kier molecular flexibility index (Phi) is 5.25. The van der Waals surface area contributed by atoms with Crippen LogP contribution in [-0.2, 0) is 12.7 Å². The van der Waals surface area contributed by atoms with Crippen molar-refractivity contribution in [3.63, 3.8) is 0 Å². The van der Waals surface area contributed by atoms with E-state index in [1.807, 2.05) is 6.07 Å². The summed E-state index contributed by atoms with van der Waals surface area (Å²) in [6.07, 6.45) is -4.44. The van der Waals surface area contributed by atoms with Crippen molar-refractivity contribution in [2.75, 3.05) is 6.54 Å². The molecule has 31 heavy (non-hydrogen) atoms. The fraction of sp³-hybridized carbons (Fsp3) is 0.136. The van der Waals surface area contributed by atoms with Gasteiger partial charge in [-0.1, -0.05) is 24.3 Å². The van der Waals surface area contributed by atoms with E-state index >= 15 is 0 Å². The van der Waals surface area contributed by atoms with Gasteiger partial charge in [0.05, 0.1) is 35.0 Å². The largest absolute Gasteiger partial charge is 0.510 e. The molecule has 1 aliphatic rings. The number of nitrogens with zero attached hydrogens (tertiary/aromatic N) is 3. The molecule has 0 radical (unpaired) electrons. The molecule has 0 amide bonds. The van der Waals surface area contributed by atoms with Crippen LogP contribution in [0.1, 0.15) is 21.7 Å². The Morgan fingerprint density at radius 2 is 1.94 bits per heavy atom. The van der Waals surface area contributed by atoms with Crippen LogP contribution in [-0.4, -0.2) is 27.4 Å². The summed E-state index contributed by atoms with van der Waals surface area (Å²) in [7, 11) is 0.